The van der Waals surface area contributed by atoms with E-state index in [1.807, 2.05) is 6.07 Å². The first-order valence-electron chi connectivity index (χ1n) is 4.34. The number of hydrogen-bond acceptors (Lipinski definition) is 5. The van der Waals surface area contributed by atoms with Crippen molar-refractivity contribution in [2.45, 2.75) is 6.92 Å². The summed E-state index contributed by atoms with van der Waals surface area (Å²) in [6, 6.07) is 5.09. The molecule has 0 bridgehead atoms. The van der Waals surface area contributed by atoms with Gasteiger partial charge in [-0.05, 0) is 13.0 Å². The fourth-order valence-corrected chi connectivity index (χ4v) is 1.40. The van der Waals surface area contributed by atoms with E-state index in [4.69, 9.17) is 5.26 Å². The van der Waals surface area contributed by atoms with Crippen molar-refractivity contribution in [3.8, 4) is 11.9 Å². The van der Waals surface area contributed by atoms with Crippen molar-refractivity contribution in [2.24, 2.45) is 0 Å². The summed E-state index contributed by atoms with van der Waals surface area (Å²) in [5.41, 5.74) is 1.16. The van der Waals surface area contributed by atoms with E-state index in [-0.39, 0.29) is 11.7 Å². The van der Waals surface area contributed by atoms with Gasteiger partial charge in [0.2, 0.25) is 5.95 Å². The highest BCUT2D eigenvalue weighted by Crippen LogP contribution is 2.24. The number of benzene rings is 1. The number of nitrogens with zero attached hydrogens (tertiary/aromatic N) is 3. The third-order valence-electron chi connectivity index (χ3n) is 2.06. The zero-order valence-electron chi connectivity index (χ0n) is 8.02. The minimum absolute atomic E-state index is 0.0824. The Morgan fingerprint density at radius 2 is 2.20 bits per heavy atom. The standard InChI is InChI=1S/C10H8N4O/c1-6-7-3-2-4-8(15)9(7)14-10(13-6)12-5-11/h2-4,15H,1H3,(H,12,13,14). The normalized spacial score (nSPS) is 9.87. The molecule has 2 N–H and O–H groups in total. The van der Waals surface area contributed by atoms with Gasteiger partial charge in [-0.15, -0.1) is 0 Å². The summed E-state index contributed by atoms with van der Waals surface area (Å²) < 4.78 is 0. The number of para-hydroxylation sites is 1. The van der Waals surface area contributed by atoms with E-state index in [0.29, 0.717) is 11.2 Å². The van der Waals surface area contributed by atoms with Crippen molar-refractivity contribution in [3.63, 3.8) is 0 Å². The molecule has 0 amide bonds. The molecule has 5 heteroatoms. The molecule has 0 radical (unpaired) electrons. The maximum Gasteiger partial charge on any atom is 0.237 e. The third kappa shape index (κ3) is 1.53. The van der Waals surface area contributed by atoms with Gasteiger partial charge in [0.05, 0.1) is 5.69 Å². The first kappa shape index (κ1) is 9.21. The first-order valence-corrected chi connectivity index (χ1v) is 4.34. The number of anilines is 1. The van der Waals surface area contributed by atoms with E-state index >= 15 is 0 Å². The van der Waals surface area contributed by atoms with Gasteiger partial charge in [0.25, 0.3) is 0 Å². The Morgan fingerprint density at radius 3 is 2.93 bits per heavy atom. The van der Waals surface area contributed by atoms with Gasteiger partial charge in [-0.2, -0.15) is 5.26 Å². The van der Waals surface area contributed by atoms with E-state index in [9.17, 15) is 5.11 Å². The molecule has 1 aromatic carbocycles. The molecule has 2 rings (SSSR count). The Morgan fingerprint density at radius 1 is 1.40 bits per heavy atom. The number of phenolic OH excluding ortho intramolecular Hbond substituents is 1. The maximum absolute atomic E-state index is 9.59. The van der Waals surface area contributed by atoms with E-state index < -0.39 is 0 Å². The molecule has 0 aliphatic rings. The first-order chi connectivity index (χ1) is 7.22. The lowest BCUT2D eigenvalue weighted by Gasteiger charge is -2.04. The topological polar surface area (TPSA) is 81.8 Å². The predicted octanol–water partition coefficient (Wildman–Crippen LogP) is 1.54. The molecule has 15 heavy (non-hydrogen) atoms. The second kappa shape index (κ2) is 3.42. The van der Waals surface area contributed by atoms with E-state index in [2.05, 4.69) is 15.3 Å². The summed E-state index contributed by atoms with van der Waals surface area (Å²) in [4.78, 5) is 8.11. The van der Waals surface area contributed by atoms with Gasteiger partial charge < -0.3 is 5.11 Å². The lowest BCUT2D eigenvalue weighted by molar-refractivity contribution is 0.480. The van der Waals surface area contributed by atoms with Crippen LogP contribution in [0.1, 0.15) is 5.69 Å². The SMILES string of the molecule is Cc1nc(NC#N)nc2c(O)cccc12. The Hall–Kier alpha value is -2.35. The van der Waals surface area contributed by atoms with E-state index in [0.717, 1.165) is 5.39 Å². The predicted molar refractivity (Wildman–Crippen MR) is 55.2 cm³/mol. The van der Waals surface area contributed by atoms with Crippen molar-refractivity contribution in [2.75, 3.05) is 5.32 Å². The van der Waals surface area contributed by atoms with Crippen LogP contribution in [0.25, 0.3) is 10.9 Å². The Bertz CT molecular complexity index is 559. The number of aryl methyl sites for hydroxylation is 1. The van der Waals surface area contributed by atoms with Crippen LogP contribution in [0, 0.1) is 18.4 Å². The van der Waals surface area contributed by atoms with Crippen LogP contribution < -0.4 is 5.32 Å². The third-order valence-corrected chi connectivity index (χ3v) is 2.06. The summed E-state index contributed by atoms with van der Waals surface area (Å²) in [5, 5.41) is 21.2. The number of aromatic hydroxyl groups is 1. The number of rotatable bonds is 1. The largest absolute Gasteiger partial charge is 0.506 e. The van der Waals surface area contributed by atoms with Gasteiger partial charge in [0.1, 0.15) is 11.3 Å². The van der Waals surface area contributed by atoms with Crippen molar-refractivity contribution >= 4 is 16.9 Å². The molecule has 0 atom stereocenters. The maximum atomic E-state index is 9.59. The lowest BCUT2D eigenvalue weighted by atomic mass is 10.2. The number of aromatic nitrogens is 2. The lowest BCUT2D eigenvalue weighted by Crippen LogP contribution is -1.98. The number of fused-ring (bicyclic) bond motifs is 1. The van der Waals surface area contributed by atoms with Crippen LogP contribution >= 0.6 is 0 Å². The Kier molecular flexibility index (Phi) is 2.10. The molecule has 0 aliphatic carbocycles. The van der Waals surface area contributed by atoms with Crippen LogP contribution in [0.2, 0.25) is 0 Å². The quantitative estimate of drug-likeness (QED) is 0.539. The summed E-state index contributed by atoms with van der Waals surface area (Å²) in [5.74, 6) is 0.281. The molecule has 0 fully saturated rings. The molecule has 0 unspecified atom stereocenters. The van der Waals surface area contributed by atoms with Crippen molar-refractivity contribution < 1.29 is 5.11 Å². The minimum atomic E-state index is 0.0824. The zero-order chi connectivity index (χ0) is 10.8. The molecule has 0 saturated carbocycles. The van der Waals surface area contributed by atoms with Crippen LogP contribution in [0.3, 0.4) is 0 Å². The molecule has 1 aromatic heterocycles. The van der Waals surface area contributed by atoms with Crippen LogP contribution in [0.4, 0.5) is 5.95 Å². The van der Waals surface area contributed by atoms with Crippen LogP contribution in [0.5, 0.6) is 5.75 Å². The molecular weight excluding hydrogens is 192 g/mol. The van der Waals surface area contributed by atoms with Gasteiger partial charge in [0, 0.05) is 5.39 Å². The average Bonchev–Trinajstić information content (AvgIpc) is 2.20. The van der Waals surface area contributed by atoms with Crippen LogP contribution in [-0.4, -0.2) is 15.1 Å². The highest BCUT2D eigenvalue weighted by molar-refractivity contribution is 5.86. The average molecular weight is 200 g/mol. The fraction of sp³-hybridized carbons (Fsp3) is 0.100. The zero-order valence-corrected chi connectivity index (χ0v) is 8.02. The minimum Gasteiger partial charge on any atom is -0.506 e. The van der Waals surface area contributed by atoms with E-state index in [1.54, 1.807) is 25.2 Å². The molecule has 0 spiro atoms. The molecule has 1 heterocycles. The molecule has 0 saturated heterocycles. The second-order valence-corrected chi connectivity index (χ2v) is 3.04. The molecule has 5 nitrogen and oxygen atoms in total. The van der Waals surface area contributed by atoms with Crippen LogP contribution in [0.15, 0.2) is 18.2 Å². The molecule has 2 aromatic rings. The van der Waals surface area contributed by atoms with E-state index in [1.165, 1.54) is 0 Å². The van der Waals surface area contributed by atoms with Crippen molar-refractivity contribution in [3.05, 3.63) is 23.9 Å². The van der Waals surface area contributed by atoms with Gasteiger partial charge in [-0.25, -0.2) is 9.97 Å². The van der Waals surface area contributed by atoms with Gasteiger partial charge in [0.15, 0.2) is 6.19 Å². The smallest absolute Gasteiger partial charge is 0.237 e. The fourth-order valence-electron chi connectivity index (χ4n) is 1.40. The second-order valence-electron chi connectivity index (χ2n) is 3.04. The summed E-state index contributed by atoms with van der Waals surface area (Å²) in [7, 11) is 0. The molecular formula is C10H8N4O. The van der Waals surface area contributed by atoms with Crippen LogP contribution in [-0.2, 0) is 0 Å². The monoisotopic (exact) mass is 200 g/mol. The number of nitrogens with one attached hydrogen (secondary N) is 1. The van der Waals surface area contributed by atoms with Crippen molar-refractivity contribution in [1.29, 1.82) is 5.26 Å². The van der Waals surface area contributed by atoms with Gasteiger partial charge in [-0.3, -0.25) is 5.32 Å². The number of nitriles is 1. The molecule has 0 aliphatic heterocycles. The molecule has 74 valence electrons. The number of phenols is 1. The summed E-state index contributed by atoms with van der Waals surface area (Å²) in [6.07, 6.45) is 1.74. The van der Waals surface area contributed by atoms with Gasteiger partial charge >= 0.3 is 0 Å². The Balaban J connectivity index is 2.75. The Labute approximate surface area is 86.0 Å². The highest BCUT2D eigenvalue weighted by atomic mass is 16.3. The summed E-state index contributed by atoms with van der Waals surface area (Å²) >= 11 is 0. The van der Waals surface area contributed by atoms with Gasteiger partial charge in [-0.1, -0.05) is 12.1 Å². The van der Waals surface area contributed by atoms with Crippen molar-refractivity contribution in [1.82, 2.24) is 9.97 Å². The summed E-state index contributed by atoms with van der Waals surface area (Å²) in [6.45, 7) is 1.80. The highest BCUT2D eigenvalue weighted by Gasteiger charge is 2.06. The number of hydrogen-bond donors (Lipinski definition) is 2.